The Balaban J connectivity index is 2.16. The highest BCUT2D eigenvalue weighted by Crippen LogP contribution is 2.35. The Hall–Kier alpha value is -2.77. The number of phenols is 1. The van der Waals surface area contributed by atoms with Gasteiger partial charge in [-0.1, -0.05) is 18.2 Å². The lowest BCUT2D eigenvalue weighted by Crippen LogP contribution is -1.97. The molecule has 0 radical (unpaired) electrons. The van der Waals surface area contributed by atoms with E-state index in [1.165, 1.54) is 30.3 Å². The molecule has 0 fully saturated rings. The molecular formula is C16H12N2O4S. The highest BCUT2D eigenvalue weighted by Gasteiger charge is 2.13. The number of aromatic hydroxyl groups is 1. The molecule has 6 nitrogen and oxygen atoms in total. The van der Waals surface area contributed by atoms with E-state index in [0.717, 1.165) is 0 Å². The Bertz CT molecular complexity index is 999. The lowest BCUT2D eigenvalue weighted by molar-refractivity contribution is 0.480. The van der Waals surface area contributed by atoms with Crippen molar-refractivity contribution in [2.75, 3.05) is 0 Å². The van der Waals surface area contributed by atoms with Crippen LogP contribution in [-0.4, -0.2) is 18.1 Å². The van der Waals surface area contributed by atoms with Crippen LogP contribution in [0.5, 0.6) is 5.75 Å². The van der Waals surface area contributed by atoms with Crippen molar-refractivity contribution in [1.29, 1.82) is 0 Å². The van der Waals surface area contributed by atoms with Crippen LogP contribution < -0.4 is 0 Å². The van der Waals surface area contributed by atoms with E-state index < -0.39 is 10.1 Å². The largest absolute Gasteiger partial charge is 0.507 e. The summed E-state index contributed by atoms with van der Waals surface area (Å²) < 4.78 is 31.8. The first-order valence-electron chi connectivity index (χ1n) is 6.65. The topological polar surface area (TPSA) is 99.3 Å². The lowest BCUT2D eigenvalue weighted by atomic mass is 10.1. The second-order valence-electron chi connectivity index (χ2n) is 4.82. The molecule has 0 heterocycles. The van der Waals surface area contributed by atoms with E-state index in [4.69, 9.17) is 0 Å². The monoisotopic (exact) mass is 328 g/mol. The van der Waals surface area contributed by atoms with Gasteiger partial charge in [-0.15, -0.1) is 5.11 Å². The van der Waals surface area contributed by atoms with Gasteiger partial charge in [0, 0.05) is 10.8 Å². The molecule has 2 N–H and O–H groups in total. The van der Waals surface area contributed by atoms with Gasteiger partial charge in [-0.25, -0.2) is 0 Å². The van der Waals surface area contributed by atoms with E-state index in [1.807, 2.05) is 18.2 Å². The smallest absolute Gasteiger partial charge is 0.294 e. The van der Waals surface area contributed by atoms with Gasteiger partial charge in [0.15, 0.2) is 0 Å². The number of hydrogen-bond acceptors (Lipinski definition) is 5. The van der Waals surface area contributed by atoms with Crippen molar-refractivity contribution in [3.8, 4) is 5.75 Å². The molecule has 0 saturated carbocycles. The van der Waals surface area contributed by atoms with Crippen molar-refractivity contribution < 1.29 is 18.1 Å². The van der Waals surface area contributed by atoms with Crippen molar-refractivity contribution in [2.24, 2.45) is 10.2 Å². The predicted octanol–water partition coefficient (Wildman–Crippen LogP) is 4.21. The number of phenolic OH excluding ortho intramolecular Hbond substituents is 1. The molecule has 0 aliphatic rings. The molecule has 3 aromatic carbocycles. The Morgan fingerprint density at radius 2 is 1.57 bits per heavy atom. The number of azo groups is 1. The fourth-order valence-electron chi connectivity index (χ4n) is 2.15. The van der Waals surface area contributed by atoms with Crippen molar-refractivity contribution in [1.82, 2.24) is 0 Å². The number of nitrogens with zero attached hydrogens (tertiary/aromatic N) is 2. The van der Waals surface area contributed by atoms with Gasteiger partial charge < -0.3 is 5.11 Å². The molecule has 7 heteroatoms. The maximum atomic E-state index is 11.3. The average Bonchev–Trinajstić information content (AvgIpc) is 2.54. The third-order valence-corrected chi connectivity index (χ3v) is 4.12. The van der Waals surface area contributed by atoms with Crippen LogP contribution in [0.15, 0.2) is 75.8 Å². The van der Waals surface area contributed by atoms with Crippen LogP contribution in [0.4, 0.5) is 11.4 Å². The number of rotatable bonds is 3. The minimum absolute atomic E-state index is 0.0134. The average molecular weight is 328 g/mol. The quantitative estimate of drug-likeness (QED) is 0.555. The normalized spacial score (nSPS) is 12.0. The Morgan fingerprint density at radius 1 is 0.826 bits per heavy atom. The Morgan fingerprint density at radius 3 is 2.26 bits per heavy atom. The summed E-state index contributed by atoms with van der Waals surface area (Å²) in [6.07, 6.45) is 0. The summed E-state index contributed by atoms with van der Waals surface area (Å²) in [7, 11) is -4.34. The summed E-state index contributed by atoms with van der Waals surface area (Å²) >= 11 is 0. The fraction of sp³-hybridized carbons (Fsp3) is 0. The third-order valence-electron chi connectivity index (χ3n) is 3.27. The Labute approximate surface area is 132 Å². The summed E-state index contributed by atoms with van der Waals surface area (Å²) in [6.45, 7) is 0. The molecule has 116 valence electrons. The van der Waals surface area contributed by atoms with Gasteiger partial charge in [0.05, 0.1) is 16.3 Å². The second-order valence-corrected chi connectivity index (χ2v) is 6.24. The zero-order valence-corrected chi connectivity index (χ0v) is 12.6. The molecule has 0 saturated heterocycles. The van der Waals surface area contributed by atoms with E-state index in [2.05, 4.69) is 10.2 Å². The summed E-state index contributed by atoms with van der Waals surface area (Å²) in [4.78, 5) is -0.272. The SMILES string of the molecule is O=S(=O)(O)c1ccc2c(O)ccc(N=Nc3ccccc3)c2c1. The zero-order valence-electron chi connectivity index (χ0n) is 11.8. The minimum atomic E-state index is -4.34. The molecule has 0 amide bonds. The predicted molar refractivity (Wildman–Crippen MR) is 86.0 cm³/mol. The van der Waals surface area contributed by atoms with Crippen LogP contribution in [0.2, 0.25) is 0 Å². The van der Waals surface area contributed by atoms with E-state index in [9.17, 15) is 18.1 Å². The molecule has 0 aliphatic heterocycles. The van der Waals surface area contributed by atoms with Gasteiger partial charge in [-0.05, 0) is 42.5 Å². The van der Waals surface area contributed by atoms with Crippen molar-refractivity contribution >= 4 is 32.3 Å². The molecule has 0 aromatic heterocycles. The second kappa shape index (κ2) is 5.79. The van der Waals surface area contributed by atoms with Crippen LogP contribution >= 0.6 is 0 Å². The van der Waals surface area contributed by atoms with Crippen molar-refractivity contribution in [3.05, 3.63) is 60.7 Å². The zero-order chi connectivity index (χ0) is 16.4. The molecule has 0 unspecified atom stereocenters. The first-order valence-corrected chi connectivity index (χ1v) is 8.09. The van der Waals surface area contributed by atoms with Gasteiger partial charge in [0.1, 0.15) is 5.75 Å². The molecule has 0 aliphatic carbocycles. The Kier molecular flexibility index (Phi) is 3.81. The molecule has 0 spiro atoms. The molecule has 3 rings (SSSR count). The van der Waals surface area contributed by atoms with Gasteiger partial charge in [0.25, 0.3) is 10.1 Å². The molecular weight excluding hydrogens is 316 g/mol. The number of benzene rings is 3. The van der Waals surface area contributed by atoms with Crippen LogP contribution in [0.25, 0.3) is 10.8 Å². The van der Waals surface area contributed by atoms with Crippen LogP contribution in [0.1, 0.15) is 0 Å². The molecule has 0 atom stereocenters. The number of hydrogen-bond donors (Lipinski definition) is 2. The third kappa shape index (κ3) is 3.20. The maximum absolute atomic E-state index is 11.3. The molecule has 0 bridgehead atoms. The van der Waals surface area contributed by atoms with Gasteiger partial charge in [-0.2, -0.15) is 13.5 Å². The van der Waals surface area contributed by atoms with Crippen LogP contribution in [0.3, 0.4) is 0 Å². The standard InChI is InChI=1S/C16H12N2O4S/c19-16-9-8-15(18-17-11-4-2-1-3-5-11)14-10-12(23(20,21)22)6-7-13(14)16/h1-10,19H,(H,20,21,22). The number of fused-ring (bicyclic) bond motifs is 1. The highest BCUT2D eigenvalue weighted by atomic mass is 32.2. The van der Waals surface area contributed by atoms with Gasteiger partial charge in [0.2, 0.25) is 0 Å². The first-order chi connectivity index (χ1) is 10.9. The summed E-state index contributed by atoms with van der Waals surface area (Å²) in [5.41, 5.74) is 1.02. The van der Waals surface area contributed by atoms with E-state index in [1.54, 1.807) is 12.1 Å². The molecule has 23 heavy (non-hydrogen) atoms. The fourth-order valence-corrected chi connectivity index (χ4v) is 2.66. The van der Waals surface area contributed by atoms with Crippen LogP contribution in [0, 0.1) is 0 Å². The van der Waals surface area contributed by atoms with Crippen LogP contribution in [-0.2, 0) is 10.1 Å². The van der Waals surface area contributed by atoms with E-state index >= 15 is 0 Å². The van der Waals surface area contributed by atoms with Crippen molar-refractivity contribution in [3.63, 3.8) is 0 Å². The van der Waals surface area contributed by atoms with E-state index in [0.29, 0.717) is 22.1 Å². The summed E-state index contributed by atoms with van der Waals surface area (Å²) in [5.74, 6) is -0.0134. The van der Waals surface area contributed by atoms with Gasteiger partial charge >= 0.3 is 0 Å². The minimum Gasteiger partial charge on any atom is -0.507 e. The van der Waals surface area contributed by atoms with Gasteiger partial charge in [-0.3, -0.25) is 4.55 Å². The lowest BCUT2D eigenvalue weighted by Gasteiger charge is -2.05. The van der Waals surface area contributed by atoms with Crippen molar-refractivity contribution in [2.45, 2.75) is 4.90 Å². The molecule has 3 aromatic rings. The summed E-state index contributed by atoms with van der Waals surface area (Å²) in [5, 5.41) is 18.9. The summed E-state index contributed by atoms with van der Waals surface area (Å²) in [6, 6.07) is 15.9. The first kappa shape index (κ1) is 15.1. The van der Waals surface area contributed by atoms with E-state index in [-0.39, 0.29) is 10.6 Å². The maximum Gasteiger partial charge on any atom is 0.294 e. The highest BCUT2D eigenvalue weighted by molar-refractivity contribution is 7.85.